The van der Waals surface area contributed by atoms with Crippen LogP contribution in [0.3, 0.4) is 0 Å². The van der Waals surface area contributed by atoms with Crippen LogP contribution in [0.1, 0.15) is 18.4 Å². The minimum atomic E-state index is -0.320. The summed E-state index contributed by atoms with van der Waals surface area (Å²) in [5.74, 6) is 0.428. The van der Waals surface area contributed by atoms with Gasteiger partial charge in [-0.05, 0) is 17.7 Å². The van der Waals surface area contributed by atoms with Gasteiger partial charge in [0.05, 0.1) is 20.3 Å². The van der Waals surface area contributed by atoms with E-state index in [-0.39, 0.29) is 30.6 Å². The first-order chi connectivity index (χ1) is 10.7. The van der Waals surface area contributed by atoms with Crippen LogP contribution in [0, 0.1) is 4.91 Å². The third-order valence-electron chi connectivity index (χ3n) is 2.92. The summed E-state index contributed by atoms with van der Waals surface area (Å²) in [6.45, 7) is 0.810. The van der Waals surface area contributed by atoms with Crippen molar-refractivity contribution in [2.75, 3.05) is 26.8 Å². The van der Waals surface area contributed by atoms with Gasteiger partial charge in [0.2, 0.25) is 5.91 Å². The molecule has 8 nitrogen and oxygen atoms in total. The monoisotopic (exact) mass is 311 g/mol. The lowest BCUT2D eigenvalue weighted by atomic mass is 10.1. The van der Waals surface area contributed by atoms with Gasteiger partial charge in [0.1, 0.15) is 0 Å². The normalized spacial score (nSPS) is 10.1. The molecule has 4 N–H and O–H groups in total. The number of nitrogens with one attached hydrogen (secondary N) is 1. The average molecular weight is 311 g/mol. The van der Waals surface area contributed by atoms with E-state index in [9.17, 15) is 9.70 Å². The number of hydrogen-bond donors (Lipinski definition) is 3. The van der Waals surface area contributed by atoms with Crippen LogP contribution in [-0.4, -0.2) is 37.8 Å². The second-order valence-corrected chi connectivity index (χ2v) is 4.44. The summed E-state index contributed by atoms with van der Waals surface area (Å²) >= 11 is 0. The molecule has 0 bridgehead atoms. The molecular weight excluding hydrogens is 290 g/mol. The Hall–Kier alpha value is -2.19. The van der Waals surface area contributed by atoms with E-state index in [4.69, 9.17) is 20.3 Å². The molecule has 0 saturated carbocycles. The quantitative estimate of drug-likeness (QED) is 0.434. The zero-order valence-electron chi connectivity index (χ0n) is 12.5. The number of rotatable bonds is 10. The van der Waals surface area contributed by atoms with Crippen LogP contribution in [0.25, 0.3) is 0 Å². The molecule has 0 heterocycles. The topological polar surface area (TPSA) is 123 Å². The Morgan fingerprint density at radius 1 is 1.45 bits per heavy atom. The van der Waals surface area contributed by atoms with E-state index < -0.39 is 0 Å². The van der Waals surface area contributed by atoms with E-state index in [0.29, 0.717) is 37.2 Å². The highest BCUT2D eigenvalue weighted by Gasteiger charge is 2.16. The maximum Gasteiger partial charge on any atom is 0.220 e. The molecule has 1 amide bonds. The number of nitrogens with zero attached hydrogens (tertiary/aromatic N) is 1. The Balaban J connectivity index is 2.59. The van der Waals surface area contributed by atoms with Crippen molar-refractivity contribution < 1.29 is 19.4 Å². The van der Waals surface area contributed by atoms with Crippen molar-refractivity contribution in [2.45, 2.75) is 19.4 Å². The minimum absolute atomic E-state index is 0.0168. The van der Waals surface area contributed by atoms with E-state index >= 15 is 0 Å². The number of benzene rings is 1. The molecule has 1 aromatic rings. The molecule has 8 heteroatoms. The first-order valence-corrected chi connectivity index (χ1v) is 6.91. The third-order valence-corrected chi connectivity index (χ3v) is 2.92. The molecule has 0 fully saturated rings. The van der Waals surface area contributed by atoms with E-state index in [1.54, 1.807) is 12.1 Å². The summed E-state index contributed by atoms with van der Waals surface area (Å²) in [7, 11) is 1.39. The largest absolute Gasteiger partial charge is 0.491 e. The molecule has 22 heavy (non-hydrogen) atoms. The van der Waals surface area contributed by atoms with E-state index in [1.807, 2.05) is 0 Å². The van der Waals surface area contributed by atoms with Crippen molar-refractivity contribution in [1.82, 2.24) is 5.32 Å². The number of hydrogen-bond acceptors (Lipinski definition) is 7. The molecule has 0 radical (unpaired) electrons. The number of amides is 1. The fourth-order valence-electron chi connectivity index (χ4n) is 1.85. The molecule has 0 unspecified atom stereocenters. The smallest absolute Gasteiger partial charge is 0.220 e. The molecule has 0 spiro atoms. The first kappa shape index (κ1) is 17.9. The maximum absolute atomic E-state index is 11.4. The average Bonchev–Trinajstić information content (AvgIpc) is 2.55. The Morgan fingerprint density at radius 3 is 2.82 bits per heavy atom. The van der Waals surface area contributed by atoms with Gasteiger partial charge in [-0.15, -0.1) is 4.91 Å². The highest BCUT2D eigenvalue weighted by molar-refractivity contribution is 5.75. The van der Waals surface area contributed by atoms with Crippen molar-refractivity contribution in [3.05, 3.63) is 22.6 Å². The van der Waals surface area contributed by atoms with E-state index in [0.717, 1.165) is 0 Å². The van der Waals surface area contributed by atoms with Gasteiger partial charge >= 0.3 is 0 Å². The zero-order chi connectivity index (χ0) is 16.4. The van der Waals surface area contributed by atoms with Gasteiger partial charge in [-0.2, -0.15) is 0 Å². The number of methoxy groups -OCH3 is 1. The van der Waals surface area contributed by atoms with Gasteiger partial charge < -0.3 is 25.6 Å². The number of aliphatic hydroxyl groups is 1. The first-order valence-electron chi connectivity index (χ1n) is 6.91. The molecule has 0 aromatic heterocycles. The molecule has 1 aromatic carbocycles. The SMILES string of the molecule is COc1c(OCCCC(=O)NCCN)ccc(CO)c1N=O. The number of aliphatic hydroxyl groups excluding tert-OH is 1. The molecule has 0 saturated heterocycles. The molecule has 1 rings (SSSR count). The van der Waals surface area contributed by atoms with Gasteiger partial charge in [-0.3, -0.25) is 4.79 Å². The molecule has 0 aliphatic rings. The Morgan fingerprint density at radius 2 is 2.23 bits per heavy atom. The number of ether oxygens (including phenoxy) is 2. The van der Waals surface area contributed by atoms with Gasteiger partial charge in [0.15, 0.2) is 17.2 Å². The molecular formula is C14H21N3O5. The highest BCUT2D eigenvalue weighted by atomic mass is 16.5. The summed E-state index contributed by atoms with van der Waals surface area (Å²) in [6, 6.07) is 3.14. The summed E-state index contributed by atoms with van der Waals surface area (Å²) in [6.07, 6.45) is 0.820. The summed E-state index contributed by atoms with van der Waals surface area (Å²) < 4.78 is 10.6. The number of carbonyl (C=O) groups is 1. The Bertz CT molecular complexity index is 507. The molecule has 0 aliphatic carbocycles. The van der Waals surface area contributed by atoms with E-state index in [2.05, 4.69) is 10.5 Å². The Labute approximate surface area is 128 Å². The fraction of sp³-hybridized carbons (Fsp3) is 0.500. The third kappa shape index (κ3) is 4.97. The second kappa shape index (κ2) is 9.69. The van der Waals surface area contributed by atoms with Crippen molar-refractivity contribution >= 4 is 11.6 Å². The lowest BCUT2D eigenvalue weighted by Crippen LogP contribution is -2.29. The van der Waals surface area contributed by atoms with Crippen molar-refractivity contribution in [3.63, 3.8) is 0 Å². The summed E-state index contributed by atoms with van der Waals surface area (Å²) in [4.78, 5) is 22.3. The Kier molecular flexibility index (Phi) is 7.87. The van der Waals surface area contributed by atoms with Crippen LogP contribution < -0.4 is 20.5 Å². The van der Waals surface area contributed by atoms with Crippen LogP contribution in [0.4, 0.5) is 5.69 Å². The molecule has 0 aliphatic heterocycles. The highest BCUT2D eigenvalue weighted by Crippen LogP contribution is 2.40. The van der Waals surface area contributed by atoms with Gasteiger partial charge in [-0.1, -0.05) is 6.07 Å². The van der Waals surface area contributed by atoms with Crippen LogP contribution in [-0.2, 0) is 11.4 Å². The van der Waals surface area contributed by atoms with Crippen molar-refractivity contribution in [2.24, 2.45) is 10.9 Å². The van der Waals surface area contributed by atoms with Crippen LogP contribution in [0.15, 0.2) is 17.3 Å². The predicted molar refractivity (Wildman–Crippen MR) is 81.2 cm³/mol. The molecule has 0 atom stereocenters. The summed E-state index contributed by atoms with van der Waals surface area (Å²) in [5.41, 5.74) is 5.66. The lowest BCUT2D eigenvalue weighted by Gasteiger charge is -2.13. The lowest BCUT2D eigenvalue weighted by molar-refractivity contribution is -0.121. The van der Waals surface area contributed by atoms with Gasteiger partial charge in [0, 0.05) is 25.1 Å². The number of carbonyl (C=O) groups excluding carboxylic acids is 1. The van der Waals surface area contributed by atoms with Crippen LogP contribution >= 0.6 is 0 Å². The minimum Gasteiger partial charge on any atom is -0.491 e. The van der Waals surface area contributed by atoms with Gasteiger partial charge in [-0.25, -0.2) is 0 Å². The van der Waals surface area contributed by atoms with Crippen molar-refractivity contribution in [3.8, 4) is 11.5 Å². The predicted octanol–water partition coefficient (Wildman–Crippen LogP) is 0.819. The second-order valence-electron chi connectivity index (χ2n) is 4.44. The van der Waals surface area contributed by atoms with Crippen LogP contribution in [0.5, 0.6) is 11.5 Å². The van der Waals surface area contributed by atoms with E-state index in [1.165, 1.54) is 7.11 Å². The fourth-order valence-corrected chi connectivity index (χ4v) is 1.85. The zero-order valence-corrected chi connectivity index (χ0v) is 12.5. The van der Waals surface area contributed by atoms with Crippen LogP contribution in [0.2, 0.25) is 0 Å². The number of nitroso groups, excluding NO2 is 1. The number of nitrogens with two attached hydrogens (primary N) is 1. The van der Waals surface area contributed by atoms with Gasteiger partial charge in [0.25, 0.3) is 0 Å². The maximum atomic E-state index is 11.4. The van der Waals surface area contributed by atoms with Crippen molar-refractivity contribution in [1.29, 1.82) is 0 Å². The molecule has 122 valence electrons. The summed E-state index contributed by atoms with van der Waals surface area (Å²) in [5, 5.41) is 14.7. The standard InChI is InChI=1S/C14H21N3O5/c1-21-14-11(5-4-10(9-18)13(14)17-20)22-8-2-3-12(19)16-7-6-15/h4-5,18H,2-3,6-9,15H2,1H3,(H,16,19).